The van der Waals surface area contributed by atoms with Gasteiger partial charge in [-0.15, -0.1) is 0 Å². The Hall–Kier alpha value is -3.66. The highest BCUT2D eigenvalue weighted by Gasteiger charge is 2.34. The Kier molecular flexibility index (Phi) is 7.61. The van der Waals surface area contributed by atoms with Gasteiger partial charge >= 0.3 is 6.03 Å². The van der Waals surface area contributed by atoms with Crippen LogP contribution in [-0.4, -0.2) is 41.1 Å². The molecule has 4 N–H and O–H groups in total. The van der Waals surface area contributed by atoms with Crippen molar-refractivity contribution in [3.8, 4) is 0 Å². The van der Waals surface area contributed by atoms with E-state index in [0.717, 1.165) is 22.2 Å². The number of nitrogens with two attached hydrogens (primary N) is 1. The number of nitrogens with zero attached hydrogens (tertiary/aromatic N) is 1. The molecule has 5 amide bonds. The van der Waals surface area contributed by atoms with Crippen LogP contribution in [0, 0.1) is 5.82 Å². The molecule has 1 fully saturated rings. The number of benzene rings is 2. The number of primary amides is 1. The molecule has 1 aliphatic heterocycles. The van der Waals surface area contributed by atoms with E-state index in [-0.39, 0.29) is 30.3 Å². The predicted octanol–water partition coefficient (Wildman–Crippen LogP) is 2.78. The molecule has 0 radical (unpaired) electrons. The number of nitrogens with one attached hydrogen (secondary N) is 2. The van der Waals surface area contributed by atoms with Gasteiger partial charge in [-0.2, -0.15) is 0 Å². The van der Waals surface area contributed by atoms with Gasteiger partial charge in [0.25, 0.3) is 11.1 Å². The molecule has 2 aromatic rings. The molecule has 1 unspecified atom stereocenters. The summed E-state index contributed by atoms with van der Waals surface area (Å²) >= 11 is 0.785. The Bertz CT molecular complexity index is 1040. The number of amides is 5. The van der Waals surface area contributed by atoms with Crippen molar-refractivity contribution in [2.45, 2.75) is 12.5 Å². The second-order valence-electron chi connectivity index (χ2n) is 6.91. The Morgan fingerprint density at radius 2 is 1.78 bits per heavy atom. The molecule has 1 saturated heterocycles. The average Bonchev–Trinajstić information content (AvgIpc) is 3.02. The first-order chi connectivity index (χ1) is 15.3. The van der Waals surface area contributed by atoms with E-state index in [1.54, 1.807) is 24.3 Å². The molecule has 10 heteroatoms. The first kappa shape index (κ1) is 23.0. The maximum absolute atomic E-state index is 13.0. The van der Waals surface area contributed by atoms with Crippen molar-refractivity contribution < 1.29 is 23.6 Å². The molecular weight excluding hydrogens is 435 g/mol. The lowest BCUT2D eigenvalue weighted by Crippen LogP contribution is -2.40. The molecule has 1 heterocycles. The molecule has 2 aromatic carbocycles. The highest BCUT2D eigenvalue weighted by atomic mass is 32.2. The van der Waals surface area contributed by atoms with Gasteiger partial charge in [-0.25, -0.2) is 9.18 Å². The SMILES string of the molecule is NC(=O)NC(CC(=O)NCCN1C(=O)S/C(=C/c2ccc(F)cc2)C1=O)c1ccccc1. The van der Waals surface area contributed by atoms with Gasteiger partial charge in [-0.05, 0) is 41.1 Å². The fraction of sp³-hybridized carbons (Fsp3) is 0.182. The standard InChI is InChI=1S/C22H21FN4O4S/c23-16-8-6-14(7-9-16)12-18-20(29)27(22(31)32-18)11-10-25-19(28)13-17(26-21(24)30)15-4-2-1-3-5-15/h1-9,12,17H,10-11,13H2,(H,25,28)(H3,24,26,30)/b18-12+. The van der Waals surface area contributed by atoms with E-state index in [9.17, 15) is 23.6 Å². The van der Waals surface area contributed by atoms with Crippen molar-refractivity contribution in [3.63, 3.8) is 0 Å². The van der Waals surface area contributed by atoms with Crippen molar-refractivity contribution in [3.05, 3.63) is 76.4 Å². The molecule has 1 aliphatic rings. The van der Waals surface area contributed by atoms with Crippen LogP contribution in [-0.2, 0) is 9.59 Å². The molecule has 0 spiro atoms. The van der Waals surface area contributed by atoms with Crippen LogP contribution < -0.4 is 16.4 Å². The van der Waals surface area contributed by atoms with Crippen molar-refractivity contribution in [1.82, 2.24) is 15.5 Å². The van der Waals surface area contributed by atoms with Gasteiger partial charge in [0, 0.05) is 13.1 Å². The van der Waals surface area contributed by atoms with Crippen molar-refractivity contribution >= 4 is 40.9 Å². The maximum atomic E-state index is 13.0. The van der Waals surface area contributed by atoms with Crippen LogP contribution in [0.1, 0.15) is 23.6 Å². The summed E-state index contributed by atoms with van der Waals surface area (Å²) in [6.45, 7) is 0.0508. The largest absolute Gasteiger partial charge is 0.354 e. The van der Waals surface area contributed by atoms with Crippen LogP contribution in [0.3, 0.4) is 0 Å². The first-order valence-electron chi connectivity index (χ1n) is 9.72. The molecule has 1 atom stereocenters. The fourth-order valence-corrected chi connectivity index (χ4v) is 3.94. The Morgan fingerprint density at radius 3 is 2.44 bits per heavy atom. The lowest BCUT2D eigenvalue weighted by Gasteiger charge is -2.18. The minimum Gasteiger partial charge on any atom is -0.354 e. The normalized spacial score (nSPS) is 15.7. The number of hydrogen-bond acceptors (Lipinski definition) is 5. The Morgan fingerprint density at radius 1 is 1.09 bits per heavy atom. The van der Waals surface area contributed by atoms with Crippen LogP contribution in [0.15, 0.2) is 59.5 Å². The van der Waals surface area contributed by atoms with Gasteiger partial charge in [0.2, 0.25) is 5.91 Å². The summed E-state index contributed by atoms with van der Waals surface area (Å²) in [5.74, 6) is -1.25. The number of carbonyl (C=O) groups is 4. The summed E-state index contributed by atoms with van der Waals surface area (Å²) in [6.07, 6.45) is 1.46. The molecule has 0 bridgehead atoms. The molecule has 0 aliphatic carbocycles. The molecule has 32 heavy (non-hydrogen) atoms. The fourth-order valence-electron chi connectivity index (χ4n) is 3.08. The topological polar surface area (TPSA) is 122 Å². The van der Waals surface area contributed by atoms with Crippen LogP contribution >= 0.6 is 11.8 Å². The van der Waals surface area contributed by atoms with Crippen LogP contribution in [0.4, 0.5) is 14.0 Å². The van der Waals surface area contributed by atoms with E-state index in [4.69, 9.17) is 5.73 Å². The number of imide groups is 1. The van der Waals surface area contributed by atoms with E-state index in [1.807, 2.05) is 6.07 Å². The first-order valence-corrected chi connectivity index (χ1v) is 10.5. The molecule has 8 nitrogen and oxygen atoms in total. The number of rotatable bonds is 8. The van der Waals surface area contributed by atoms with E-state index in [1.165, 1.54) is 30.3 Å². The number of hydrogen-bond donors (Lipinski definition) is 3. The number of urea groups is 1. The molecule has 0 aromatic heterocycles. The number of thioether (sulfide) groups is 1. The lowest BCUT2D eigenvalue weighted by atomic mass is 10.0. The van der Waals surface area contributed by atoms with Gasteiger partial charge in [-0.3, -0.25) is 19.3 Å². The zero-order valence-corrected chi connectivity index (χ0v) is 17.7. The maximum Gasteiger partial charge on any atom is 0.312 e. The van der Waals surface area contributed by atoms with E-state index < -0.39 is 29.0 Å². The third kappa shape index (κ3) is 6.17. The molecule has 166 valence electrons. The zero-order chi connectivity index (χ0) is 23.1. The molecule has 3 rings (SSSR count). The third-order valence-corrected chi connectivity index (χ3v) is 5.51. The minimum absolute atomic E-state index is 0.00356. The lowest BCUT2D eigenvalue weighted by molar-refractivity contribution is -0.124. The van der Waals surface area contributed by atoms with Crippen molar-refractivity contribution in [2.75, 3.05) is 13.1 Å². The molecular formula is C22H21FN4O4S. The van der Waals surface area contributed by atoms with Crippen LogP contribution in [0.2, 0.25) is 0 Å². The van der Waals surface area contributed by atoms with E-state index in [0.29, 0.717) is 5.56 Å². The number of halogens is 1. The van der Waals surface area contributed by atoms with Crippen LogP contribution in [0.25, 0.3) is 6.08 Å². The summed E-state index contributed by atoms with van der Waals surface area (Å²) < 4.78 is 13.0. The van der Waals surface area contributed by atoms with E-state index in [2.05, 4.69) is 10.6 Å². The minimum atomic E-state index is -0.752. The predicted molar refractivity (Wildman–Crippen MR) is 119 cm³/mol. The van der Waals surface area contributed by atoms with E-state index >= 15 is 0 Å². The van der Waals surface area contributed by atoms with Gasteiger partial charge in [0.1, 0.15) is 5.82 Å². The summed E-state index contributed by atoms with van der Waals surface area (Å²) in [7, 11) is 0. The Balaban J connectivity index is 1.54. The number of carbonyl (C=O) groups excluding carboxylic acids is 4. The summed E-state index contributed by atoms with van der Waals surface area (Å²) in [4.78, 5) is 49.6. The van der Waals surface area contributed by atoms with Crippen molar-refractivity contribution in [2.24, 2.45) is 5.73 Å². The quantitative estimate of drug-likeness (QED) is 0.528. The van der Waals surface area contributed by atoms with Crippen LogP contribution in [0.5, 0.6) is 0 Å². The monoisotopic (exact) mass is 456 g/mol. The van der Waals surface area contributed by atoms with Crippen molar-refractivity contribution in [1.29, 1.82) is 0 Å². The van der Waals surface area contributed by atoms with Gasteiger partial charge in [-0.1, -0.05) is 42.5 Å². The Labute approximate surface area is 188 Å². The zero-order valence-electron chi connectivity index (χ0n) is 16.9. The highest BCUT2D eigenvalue weighted by molar-refractivity contribution is 8.18. The second-order valence-corrected chi connectivity index (χ2v) is 7.90. The summed E-state index contributed by atoms with van der Waals surface area (Å²) in [5, 5.41) is 4.73. The summed E-state index contributed by atoms with van der Waals surface area (Å²) in [5.41, 5.74) is 6.52. The summed E-state index contributed by atoms with van der Waals surface area (Å²) in [6, 6.07) is 13.1. The van der Waals surface area contributed by atoms with Gasteiger partial charge in [0.15, 0.2) is 0 Å². The molecule has 0 saturated carbocycles. The second kappa shape index (κ2) is 10.6. The average molecular weight is 456 g/mol. The smallest absolute Gasteiger partial charge is 0.312 e. The van der Waals surface area contributed by atoms with Gasteiger partial charge in [0.05, 0.1) is 17.4 Å². The highest BCUT2D eigenvalue weighted by Crippen LogP contribution is 2.31. The third-order valence-electron chi connectivity index (χ3n) is 4.61. The van der Waals surface area contributed by atoms with Gasteiger partial charge < -0.3 is 16.4 Å².